The van der Waals surface area contributed by atoms with E-state index in [1.807, 2.05) is 13.0 Å². The minimum atomic E-state index is -0.297. The lowest BCUT2D eigenvalue weighted by atomic mass is 9.80. The van der Waals surface area contributed by atoms with E-state index in [4.69, 9.17) is 28.9 Å². The molecule has 4 heteroatoms. The van der Waals surface area contributed by atoms with Crippen LogP contribution < -0.4 is 5.73 Å². The third-order valence-electron chi connectivity index (χ3n) is 3.09. The molecule has 0 spiro atoms. The monoisotopic (exact) mass is 261 g/mol. The van der Waals surface area contributed by atoms with E-state index in [0.29, 0.717) is 23.0 Å². The first-order valence-electron chi connectivity index (χ1n) is 5.32. The second kappa shape index (κ2) is 5.87. The second-order valence-corrected chi connectivity index (χ2v) is 4.97. The van der Waals surface area contributed by atoms with Gasteiger partial charge < -0.3 is 10.8 Å². The van der Waals surface area contributed by atoms with E-state index in [0.717, 1.165) is 12.0 Å². The fraction of sp³-hybridized carbons (Fsp3) is 0.500. The maximum Gasteiger partial charge on any atom is 0.0502 e. The van der Waals surface area contributed by atoms with Gasteiger partial charge in [-0.2, -0.15) is 0 Å². The van der Waals surface area contributed by atoms with Crippen molar-refractivity contribution in [2.45, 2.75) is 19.8 Å². The summed E-state index contributed by atoms with van der Waals surface area (Å²) in [5.41, 5.74) is 6.37. The predicted molar refractivity (Wildman–Crippen MR) is 69.0 cm³/mol. The van der Waals surface area contributed by atoms with Crippen molar-refractivity contribution in [3.8, 4) is 0 Å². The molecule has 16 heavy (non-hydrogen) atoms. The van der Waals surface area contributed by atoms with Gasteiger partial charge in [0.15, 0.2) is 0 Å². The van der Waals surface area contributed by atoms with Gasteiger partial charge in [0.2, 0.25) is 0 Å². The Balaban J connectivity index is 2.97. The van der Waals surface area contributed by atoms with Gasteiger partial charge in [-0.25, -0.2) is 0 Å². The number of benzene rings is 1. The molecule has 0 fully saturated rings. The summed E-state index contributed by atoms with van der Waals surface area (Å²) >= 11 is 12.0. The molecule has 0 aliphatic rings. The number of nitrogens with two attached hydrogens (primary N) is 1. The lowest BCUT2D eigenvalue weighted by molar-refractivity contribution is 0.127. The number of hydrogen-bond acceptors (Lipinski definition) is 2. The van der Waals surface area contributed by atoms with Gasteiger partial charge in [0.1, 0.15) is 0 Å². The fourth-order valence-corrected chi connectivity index (χ4v) is 2.04. The molecule has 2 nitrogen and oxygen atoms in total. The van der Waals surface area contributed by atoms with Crippen LogP contribution in [0.3, 0.4) is 0 Å². The molecule has 0 aliphatic carbocycles. The van der Waals surface area contributed by atoms with Crippen LogP contribution in [0.2, 0.25) is 10.0 Å². The molecule has 0 aromatic heterocycles. The van der Waals surface area contributed by atoms with Crippen LogP contribution in [0.25, 0.3) is 0 Å². The third-order valence-corrected chi connectivity index (χ3v) is 3.70. The Kier molecular flexibility index (Phi) is 5.06. The summed E-state index contributed by atoms with van der Waals surface area (Å²) in [4.78, 5) is 0. The van der Waals surface area contributed by atoms with E-state index in [1.54, 1.807) is 12.1 Å². The fourth-order valence-electron chi connectivity index (χ4n) is 1.66. The Labute approximate surface area is 106 Å². The van der Waals surface area contributed by atoms with Gasteiger partial charge in [0.25, 0.3) is 0 Å². The average Bonchev–Trinajstić information content (AvgIpc) is 2.31. The Hall–Kier alpha value is -0.280. The van der Waals surface area contributed by atoms with Crippen LogP contribution in [-0.4, -0.2) is 18.3 Å². The Morgan fingerprint density at radius 2 is 2.06 bits per heavy atom. The molecule has 1 aromatic carbocycles. The second-order valence-electron chi connectivity index (χ2n) is 4.13. The van der Waals surface area contributed by atoms with Gasteiger partial charge >= 0.3 is 0 Å². The number of rotatable bonds is 5. The van der Waals surface area contributed by atoms with Crippen molar-refractivity contribution in [3.63, 3.8) is 0 Å². The Morgan fingerprint density at radius 1 is 1.38 bits per heavy atom. The first-order chi connectivity index (χ1) is 7.56. The van der Waals surface area contributed by atoms with Gasteiger partial charge in [0, 0.05) is 22.0 Å². The summed E-state index contributed by atoms with van der Waals surface area (Å²) in [6, 6.07) is 5.36. The van der Waals surface area contributed by atoms with Gasteiger partial charge in [-0.3, -0.25) is 0 Å². The Bertz CT molecular complexity index is 343. The molecular weight excluding hydrogens is 245 g/mol. The van der Waals surface area contributed by atoms with Crippen molar-refractivity contribution >= 4 is 23.2 Å². The summed E-state index contributed by atoms with van der Waals surface area (Å²) < 4.78 is 0. The van der Waals surface area contributed by atoms with Crippen LogP contribution in [0.5, 0.6) is 0 Å². The molecular formula is C12H17Cl2NO. The topological polar surface area (TPSA) is 46.2 Å². The molecule has 90 valence electrons. The highest BCUT2D eigenvalue weighted by molar-refractivity contribution is 6.33. The zero-order valence-electron chi connectivity index (χ0n) is 9.34. The van der Waals surface area contributed by atoms with Crippen molar-refractivity contribution in [1.29, 1.82) is 0 Å². The molecule has 0 heterocycles. The smallest absolute Gasteiger partial charge is 0.0502 e. The van der Waals surface area contributed by atoms with E-state index in [2.05, 4.69) is 0 Å². The first-order valence-corrected chi connectivity index (χ1v) is 6.07. The van der Waals surface area contributed by atoms with E-state index >= 15 is 0 Å². The lowest BCUT2D eigenvalue weighted by Crippen LogP contribution is -2.35. The molecule has 0 saturated heterocycles. The zero-order valence-corrected chi connectivity index (χ0v) is 10.9. The summed E-state index contributed by atoms with van der Waals surface area (Å²) in [6.07, 6.45) is 1.46. The number of halogens is 2. The van der Waals surface area contributed by atoms with Crippen molar-refractivity contribution < 1.29 is 5.11 Å². The van der Waals surface area contributed by atoms with Gasteiger partial charge in [-0.1, -0.05) is 30.1 Å². The first kappa shape index (κ1) is 13.8. The Morgan fingerprint density at radius 3 is 2.56 bits per heavy atom. The van der Waals surface area contributed by atoms with Crippen molar-refractivity contribution in [2.75, 3.05) is 13.2 Å². The standard InChI is InChI=1S/C12H17Cl2NO/c1-2-12(7-15,8-16)6-9-5-10(13)3-4-11(9)14/h3-5,16H,2,6-8,15H2,1H3. The summed E-state index contributed by atoms with van der Waals surface area (Å²) in [6.45, 7) is 2.51. The average molecular weight is 262 g/mol. The maximum absolute atomic E-state index is 9.44. The van der Waals surface area contributed by atoms with E-state index in [9.17, 15) is 5.11 Å². The number of hydrogen-bond donors (Lipinski definition) is 2. The number of aliphatic hydroxyl groups is 1. The highest BCUT2D eigenvalue weighted by atomic mass is 35.5. The lowest BCUT2D eigenvalue weighted by Gasteiger charge is -2.29. The van der Waals surface area contributed by atoms with E-state index in [1.165, 1.54) is 0 Å². The molecule has 0 bridgehead atoms. The van der Waals surface area contributed by atoms with Crippen LogP contribution >= 0.6 is 23.2 Å². The molecule has 3 N–H and O–H groups in total. The molecule has 0 saturated carbocycles. The largest absolute Gasteiger partial charge is 0.396 e. The number of aliphatic hydroxyl groups excluding tert-OH is 1. The molecule has 0 amide bonds. The highest BCUT2D eigenvalue weighted by Crippen LogP contribution is 2.30. The third kappa shape index (κ3) is 3.11. The predicted octanol–water partition coefficient (Wildman–Crippen LogP) is 2.88. The molecule has 1 rings (SSSR count). The molecule has 1 unspecified atom stereocenters. The van der Waals surface area contributed by atoms with Gasteiger partial charge in [0.05, 0.1) is 6.61 Å². The minimum absolute atomic E-state index is 0.0584. The summed E-state index contributed by atoms with van der Waals surface area (Å²) in [5, 5.41) is 10.8. The highest BCUT2D eigenvalue weighted by Gasteiger charge is 2.27. The van der Waals surface area contributed by atoms with E-state index in [-0.39, 0.29) is 12.0 Å². The van der Waals surface area contributed by atoms with Gasteiger partial charge in [-0.05, 0) is 36.6 Å². The van der Waals surface area contributed by atoms with Crippen LogP contribution in [0.15, 0.2) is 18.2 Å². The molecule has 0 aliphatic heterocycles. The van der Waals surface area contributed by atoms with Crippen LogP contribution in [0.1, 0.15) is 18.9 Å². The summed E-state index contributed by atoms with van der Waals surface area (Å²) in [7, 11) is 0. The van der Waals surface area contributed by atoms with Gasteiger partial charge in [-0.15, -0.1) is 0 Å². The van der Waals surface area contributed by atoms with Crippen LogP contribution in [0.4, 0.5) is 0 Å². The quantitative estimate of drug-likeness (QED) is 0.857. The van der Waals surface area contributed by atoms with Crippen molar-refractivity contribution in [3.05, 3.63) is 33.8 Å². The normalized spacial score (nSPS) is 14.8. The molecule has 1 atom stereocenters. The van der Waals surface area contributed by atoms with Crippen LogP contribution in [0, 0.1) is 5.41 Å². The molecule has 1 aromatic rings. The van der Waals surface area contributed by atoms with Crippen molar-refractivity contribution in [1.82, 2.24) is 0 Å². The van der Waals surface area contributed by atoms with E-state index < -0.39 is 0 Å². The van der Waals surface area contributed by atoms with Crippen LogP contribution in [-0.2, 0) is 6.42 Å². The zero-order chi connectivity index (χ0) is 12.2. The maximum atomic E-state index is 9.44. The molecule has 0 radical (unpaired) electrons. The SMILES string of the molecule is CCC(CN)(CO)Cc1cc(Cl)ccc1Cl. The minimum Gasteiger partial charge on any atom is -0.396 e. The summed E-state index contributed by atoms with van der Waals surface area (Å²) in [5.74, 6) is 0. The van der Waals surface area contributed by atoms with Crippen molar-refractivity contribution in [2.24, 2.45) is 11.1 Å².